The first-order chi connectivity index (χ1) is 15.5. The van der Waals surface area contributed by atoms with Gasteiger partial charge in [-0.05, 0) is 55.7 Å². The standard InChI is InChI=1S/C24H26N4O4/c1-5-17-19(15-10-9-14(31-4)12-13(15)3)26-18(6-2)22(27-17)28-20-16-8-7-11-25-23(16)32-21(20)24(29)30/h7-12,20-21H,5-6H2,1-4H3,(H,27,28)(H,29,30)/t20-,21-/m0/s1. The molecule has 32 heavy (non-hydrogen) atoms. The van der Waals surface area contributed by atoms with Crippen LogP contribution in [0.4, 0.5) is 5.82 Å². The number of aliphatic carboxylic acids is 1. The van der Waals surface area contributed by atoms with Crippen LogP contribution in [0.25, 0.3) is 11.3 Å². The second kappa shape index (κ2) is 8.82. The molecular weight excluding hydrogens is 408 g/mol. The Labute approximate surface area is 186 Å². The van der Waals surface area contributed by atoms with E-state index in [0.717, 1.165) is 34.0 Å². The highest BCUT2D eigenvalue weighted by Gasteiger charge is 2.41. The molecule has 2 N–H and O–H groups in total. The normalized spacial score (nSPS) is 16.9. The van der Waals surface area contributed by atoms with Gasteiger partial charge in [0.25, 0.3) is 0 Å². The van der Waals surface area contributed by atoms with Crippen LogP contribution < -0.4 is 14.8 Å². The van der Waals surface area contributed by atoms with Crippen LogP contribution in [0.1, 0.15) is 42.4 Å². The zero-order valence-electron chi connectivity index (χ0n) is 18.5. The average Bonchev–Trinajstić information content (AvgIpc) is 3.17. The maximum Gasteiger partial charge on any atom is 0.347 e. The van der Waals surface area contributed by atoms with E-state index in [1.165, 1.54) is 0 Å². The van der Waals surface area contributed by atoms with Crippen molar-refractivity contribution in [3.63, 3.8) is 0 Å². The van der Waals surface area contributed by atoms with Gasteiger partial charge in [-0.1, -0.05) is 13.8 Å². The number of carboxylic acid groups (broad SMARTS) is 1. The third kappa shape index (κ3) is 3.84. The second-order valence-corrected chi connectivity index (χ2v) is 7.60. The van der Waals surface area contributed by atoms with Gasteiger partial charge in [0.05, 0.1) is 24.2 Å². The Morgan fingerprint density at radius 1 is 1.19 bits per heavy atom. The van der Waals surface area contributed by atoms with E-state index >= 15 is 0 Å². The van der Waals surface area contributed by atoms with Crippen LogP contribution in [0.3, 0.4) is 0 Å². The van der Waals surface area contributed by atoms with E-state index in [2.05, 4.69) is 10.3 Å². The fraction of sp³-hybridized carbons (Fsp3) is 0.333. The number of fused-ring (bicyclic) bond motifs is 1. The molecule has 0 bridgehead atoms. The summed E-state index contributed by atoms with van der Waals surface area (Å²) in [6, 6.07) is 8.86. The zero-order valence-corrected chi connectivity index (χ0v) is 18.5. The fourth-order valence-corrected chi connectivity index (χ4v) is 3.94. The van der Waals surface area contributed by atoms with E-state index in [9.17, 15) is 9.90 Å². The van der Waals surface area contributed by atoms with E-state index in [-0.39, 0.29) is 0 Å². The summed E-state index contributed by atoms with van der Waals surface area (Å²) in [6.45, 7) is 6.05. The van der Waals surface area contributed by atoms with Crippen molar-refractivity contribution < 1.29 is 19.4 Å². The lowest BCUT2D eigenvalue weighted by molar-refractivity contribution is -0.145. The number of aryl methyl sites for hydroxylation is 3. The molecule has 166 valence electrons. The molecule has 0 unspecified atom stereocenters. The monoisotopic (exact) mass is 434 g/mol. The molecule has 0 radical (unpaired) electrons. The maximum atomic E-state index is 11.8. The summed E-state index contributed by atoms with van der Waals surface area (Å²) < 4.78 is 10.9. The molecule has 3 heterocycles. The number of benzene rings is 1. The SMILES string of the molecule is CCc1nc(-c2ccc(OC)cc2C)c(CC)nc1N[C@H]1c2cccnc2O[C@@H]1C(=O)O. The van der Waals surface area contributed by atoms with E-state index < -0.39 is 18.1 Å². The van der Waals surface area contributed by atoms with Gasteiger partial charge in [0.15, 0.2) is 0 Å². The molecule has 0 fully saturated rings. The van der Waals surface area contributed by atoms with Crippen LogP contribution in [0, 0.1) is 6.92 Å². The van der Waals surface area contributed by atoms with Crippen LogP contribution in [0.15, 0.2) is 36.5 Å². The third-order valence-electron chi connectivity index (χ3n) is 5.61. The molecule has 8 heteroatoms. The van der Waals surface area contributed by atoms with E-state index in [1.807, 2.05) is 45.0 Å². The van der Waals surface area contributed by atoms with Gasteiger partial charge in [0.1, 0.15) is 17.6 Å². The molecule has 2 atom stereocenters. The van der Waals surface area contributed by atoms with Crippen molar-refractivity contribution in [3.05, 3.63) is 59.0 Å². The average molecular weight is 434 g/mol. The Morgan fingerprint density at radius 2 is 1.97 bits per heavy atom. The molecule has 2 aromatic heterocycles. The third-order valence-corrected chi connectivity index (χ3v) is 5.61. The quantitative estimate of drug-likeness (QED) is 0.575. The lowest BCUT2D eigenvalue weighted by Crippen LogP contribution is -2.33. The number of aromatic nitrogens is 3. The Bertz CT molecular complexity index is 1160. The van der Waals surface area contributed by atoms with Crippen LogP contribution in [0.5, 0.6) is 11.6 Å². The number of anilines is 1. The van der Waals surface area contributed by atoms with Crippen LogP contribution in [0.2, 0.25) is 0 Å². The first-order valence-corrected chi connectivity index (χ1v) is 10.6. The van der Waals surface area contributed by atoms with Gasteiger partial charge in [-0.25, -0.2) is 19.7 Å². The lowest BCUT2D eigenvalue weighted by Gasteiger charge is -2.21. The molecule has 1 aromatic carbocycles. The van der Waals surface area contributed by atoms with Crippen LogP contribution in [-0.4, -0.2) is 39.2 Å². The molecule has 0 saturated carbocycles. The zero-order chi connectivity index (χ0) is 22.8. The van der Waals surface area contributed by atoms with E-state index in [4.69, 9.17) is 19.4 Å². The molecular formula is C24H26N4O4. The number of nitrogens with one attached hydrogen (secondary N) is 1. The fourth-order valence-electron chi connectivity index (χ4n) is 3.94. The van der Waals surface area contributed by atoms with Gasteiger partial charge in [0.2, 0.25) is 12.0 Å². The number of rotatable bonds is 7. The highest BCUT2D eigenvalue weighted by Crippen LogP contribution is 2.38. The minimum atomic E-state index is -1.10. The van der Waals surface area contributed by atoms with Crippen molar-refractivity contribution in [2.24, 2.45) is 0 Å². The Balaban J connectivity index is 1.77. The van der Waals surface area contributed by atoms with Crippen molar-refractivity contribution in [1.82, 2.24) is 15.0 Å². The summed E-state index contributed by atoms with van der Waals surface area (Å²) in [5.41, 5.74) is 5.15. The number of carbonyl (C=O) groups is 1. The van der Waals surface area contributed by atoms with Crippen molar-refractivity contribution in [1.29, 1.82) is 0 Å². The lowest BCUT2D eigenvalue weighted by atomic mass is 10.0. The van der Waals surface area contributed by atoms with Gasteiger partial charge >= 0.3 is 5.97 Å². The van der Waals surface area contributed by atoms with Gasteiger partial charge in [-0.15, -0.1) is 0 Å². The number of pyridine rings is 1. The molecule has 0 amide bonds. The smallest absolute Gasteiger partial charge is 0.347 e. The van der Waals surface area contributed by atoms with Crippen molar-refractivity contribution in [3.8, 4) is 22.9 Å². The summed E-state index contributed by atoms with van der Waals surface area (Å²) >= 11 is 0. The molecule has 8 nitrogen and oxygen atoms in total. The molecule has 3 aromatic rings. The van der Waals surface area contributed by atoms with E-state index in [0.29, 0.717) is 30.1 Å². The number of nitrogens with zero attached hydrogens (tertiary/aromatic N) is 3. The molecule has 1 aliphatic heterocycles. The summed E-state index contributed by atoms with van der Waals surface area (Å²) in [5.74, 6) is 0.618. The topological polar surface area (TPSA) is 106 Å². The highest BCUT2D eigenvalue weighted by atomic mass is 16.5. The highest BCUT2D eigenvalue weighted by molar-refractivity contribution is 5.77. The first-order valence-electron chi connectivity index (χ1n) is 10.6. The largest absolute Gasteiger partial charge is 0.497 e. The van der Waals surface area contributed by atoms with Crippen molar-refractivity contribution in [2.45, 2.75) is 45.8 Å². The van der Waals surface area contributed by atoms with Gasteiger partial charge in [0, 0.05) is 17.3 Å². The van der Waals surface area contributed by atoms with Crippen molar-refractivity contribution >= 4 is 11.8 Å². The van der Waals surface area contributed by atoms with Crippen LogP contribution in [-0.2, 0) is 17.6 Å². The number of ether oxygens (including phenoxy) is 2. The summed E-state index contributed by atoms with van der Waals surface area (Å²) in [5, 5.41) is 13.0. The minimum Gasteiger partial charge on any atom is -0.497 e. The number of hydrogen-bond donors (Lipinski definition) is 2. The first kappa shape index (κ1) is 21.5. The molecule has 0 saturated heterocycles. The van der Waals surface area contributed by atoms with Crippen LogP contribution >= 0.6 is 0 Å². The summed E-state index contributed by atoms with van der Waals surface area (Å²) in [6.07, 6.45) is 1.79. The predicted molar refractivity (Wildman–Crippen MR) is 120 cm³/mol. The molecule has 0 spiro atoms. The summed E-state index contributed by atoms with van der Waals surface area (Å²) in [4.78, 5) is 25.8. The van der Waals surface area contributed by atoms with Gasteiger partial charge in [-0.3, -0.25) is 0 Å². The predicted octanol–water partition coefficient (Wildman–Crippen LogP) is 3.98. The Morgan fingerprint density at radius 3 is 2.62 bits per heavy atom. The van der Waals surface area contributed by atoms with Crippen molar-refractivity contribution in [2.75, 3.05) is 12.4 Å². The molecule has 4 rings (SSSR count). The van der Waals surface area contributed by atoms with Gasteiger partial charge in [-0.2, -0.15) is 0 Å². The summed E-state index contributed by atoms with van der Waals surface area (Å²) in [7, 11) is 1.65. The van der Waals surface area contributed by atoms with E-state index in [1.54, 1.807) is 19.4 Å². The molecule has 1 aliphatic rings. The minimum absolute atomic E-state index is 0.324. The maximum absolute atomic E-state index is 11.8. The second-order valence-electron chi connectivity index (χ2n) is 7.60. The van der Waals surface area contributed by atoms with Gasteiger partial charge < -0.3 is 19.9 Å². The number of hydrogen-bond acceptors (Lipinski definition) is 7. The number of carboxylic acids is 1. The molecule has 0 aliphatic carbocycles. The Hall–Kier alpha value is -3.68. The Kier molecular flexibility index (Phi) is 5.94. The number of methoxy groups -OCH3 is 1.